The van der Waals surface area contributed by atoms with E-state index in [1.807, 2.05) is 19.9 Å². The van der Waals surface area contributed by atoms with Gasteiger partial charge in [0.25, 0.3) is 0 Å². The van der Waals surface area contributed by atoms with Crippen LogP contribution in [-0.2, 0) is 4.79 Å². The SMILES string of the molecule is CCCC(C(=O)O)c1nccn2nc(C)cc12. The Morgan fingerprint density at radius 2 is 2.35 bits per heavy atom. The second-order valence-corrected chi connectivity index (χ2v) is 4.11. The first-order valence-electron chi connectivity index (χ1n) is 5.67. The van der Waals surface area contributed by atoms with Crippen molar-refractivity contribution in [3.8, 4) is 0 Å². The van der Waals surface area contributed by atoms with E-state index < -0.39 is 11.9 Å². The number of carboxylic acid groups (broad SMARTS) is 1. The van der Waals surface area contributed by atoms with Crippen molar-refractivity contribution >= 4 is 11.5 Å². The third kappa shape index (κ3) is 2.13. The van der Waals surface area contributed by atoms with Gasteiger partial charge in [-0.25, -0.2) is 4.52 Å². The fraction of sp³-hybridized carbons (Fsp3) is 0.417. The predicted molar refractivity (Wildman–Crippen MR) is 63.0 cm³/mol. The fourth-order valence-electron chi connectivity index (χ4n) is 2.00. The molecule has 1 N–H and O–H groups in total. The number of aromatic nitrogens is 3. The molecular weight excluding hydrogens is 218 g/mol. The van der Waals surface area contributed by atoms with Gasteiger partial charge in [0.15, 0.2) is 0 Å². The number of aliphatic carboxylic acids is 1. The van der Waals surface area contributed by atoms with Gasteiger partial charge in [0, 0.05) is 12.4 Å². The lowest BCUT2D eigenvalue weighted by atomic mass is 9.99. The standard InChI is InChI=1S/C12H15N3O2/c1-3-4-9(12(16)17)11-10-7-8(2)14-15(10)6-5-13-11/h5-7,9H,3-4H2,1-2H3,(H,16,17). The third-order valence-corrected chi connectivity index (χ3v) is 2.75. The average Bonchev–Trinajstić information content (AvgIpc) is 2.65. The van der Waals surface area contributed by atoms with Crippen LogP contribution in [0.3, 0.4) is 0 Å². The van der Waals surface area contributed by atoms with Gasteiger partial charge in [0.2, 0.25) is 0 Å². The van der Waals surface area contributed by atoms with Gasteiger partial charge < -0.3 is 5.11 Å². The van der Waals surface area contributed by atoms with Crippen LogP contribution in [0.1, 0.15) is 37.1 Å². The molecule has 0 aliphatic carbocycles. The Hall–Kier alpha value is -1.91. The molecule has 0 aliphatic heterocycles. The van der Waals surface area contributed by atoms with E-state index in [4.69, 9.17) is 0 Å². The molecule has 90 valence electrons. The van der Waals surface area contributed by atoms with Crippen molar-refractivity contribution in [3.63, 3.8) is 0 Å². The first-order valence-corrected chi connectivity index (χ1v) is 5.67. The second kappa shape index (κ2) is 4.53. The minimum Gasteiger partial charge on any atom is -0.481 e. The molecule has 2 aromatic heterocycles. The lowest BCUT2D eigenvalue weighted by Gasteiger charge is -2.11. The van der Waals surface area contributed by atoms with Crippen molar-refractivity contribution in [1.82, 2.24) is 14.6 Å². The third-order valence-electron chi connectivity index (χ3n) is 2.75. The first kappa shape index (κ1) is 11.6. The number of hydrogen-bond acceptors (Lipinski definition) is 3. The van der Waals surface area contributed by atoms with Crippen LogP contribution >= 0.6 is 0 Å². The summed E-state index contributed by atoms with van der Waals surface area (Å²) in [6.45, 7) is 3.85. The number of aryl methyl sites for hydroxylation is 1. The van der Waals surface area contributed by atoms with Gasteiger partial charge in [-0.3, -0.25) is 9.78 Å². The number of hydrogen-bond donors (Lipinski definition) is 1. The van der Waals surface area contributed by atoms with Gasteiger partial charge >= 0.3 is 5.97 Å². The molecule has 0 aromatic carbocycles. The molecule has 17 heavy (non-hydrogen) atoms. The largest absolute Gasteiger partial charge is 0.481 e. The first-order chi connectivity index (χ1) is 8.13. The highest BCUT2D eigenvalue weighted by atomic mass is 16.4. The molecule has 0 aliphatic rings. The zero-order valence-electron chi connectivity index (χ0n) is 9.92. The van der Waals surface area contributed by atoms with Crippen LogP contribution < -0.4 is 0 Å². The summed E-state index contributed by atoms with van der Waals surface area (Å²) in [6, 6.07) is 1.87. The summed E-state index contributed by atoms with van der Waals surface area (Å²) in [5.41, 5.74) is 2.24. The minimum atomic E-state index is -0.827. The Morgan fingerprint density at radius 1 is 1.59 bits per heavy atom. The summed E-state index contributed by atoms with van der Waals surface area (Å²) >= 11 is 0. The van der Waals surface area contributed by atoms with Crippen molar-refractivity contribution in [2.45, 2.75) is 32.6 Å². The topological polar surface area (TPSA) is 67.5 Å². The quantitative estimate of drug-likeness (QED) is 0.877. The summed E-state index contributed by atoms with van der Waals surface area (Å²) in [5.74, 6) is -1.38. The zero-order valence-corrected chi connectivity index (χ0v) is 9.92. The summed E-state index contributed by atoms with van der Waals surface area (Å²) < 4.78 is 1.68. The maximum Gasteiger partial charge on any atom is 0.312 e. The van der Waals surface area contributed by atoms with Gasteiger partial charge in [-0.15, -0.1) is 0 Å². The predicted octanol–water partition coefficient (Wildman–Crippen LogP) is 2.01. The molecule has 5 heteroatoms. The second-order valence-electron chi connectivity index (χ2n) is 4.11. The van der Waals surface area contributed by atoms with Crippen molar-refractivity contribution in [2.24, 2.45) is 0 Å². The molecule has 0 amide bonds. The van der Waals surface area contributed by atoms with E-state index in [2.05, 4.69) is 10.1 Å². The highest BCUT2D eigenvalue weighted by Crippen LogP contribution is 2.24. The van der Waals surface area contributed by atoms with Crippen LogP contribution in [0.5, 0.6) is 0 Å². The van der Waals surface area contributed by atoms with Crippen LogP contribution in [0.2, 0.25) is 0 Å². The van der Waals surface area contributed by atoms with E-state index in [0.717, 1.165) is 17.6 Å². The molecule has 5 nitrogen and oxygen atoms in total. The molecule has 1 unspecified atom stereocenters. The summed E-state index contributed by atoms with van der Waals surface area (Å²) in [4.78, 5) is 15.5. The Morgan fingerprint density at radius 3 is 3.00 bits per heavy atom. The maximum atomic E-state index is 11.3. The lowest BCUT2D eigenvalue weighted by Crippen LogP contribution is -2.14. The Balaban J connectivity index is 2.55. The number of carboxylic acids is 1. The molecule has 0 radical (unpaired) electrons. The number of nitrogens with zero attached hydrogens (tertiary/aromatic N) is 3. The van der Waals surface area contributed by atoms with Gasteiger partial charge in [0.05, 0.1) is 16.9 Å². The summed E-state index contributed by atoms with van der Waals surface area (Å²) in [6.07, 6.45) is 4.73. The molecule has 0 bridgehead atoms. The van der Waals surface area contributed by atoms with E-state index in [-0.39, 0.29) is 0 Å². The molecular formula is C12H15N3O2. The molecule has 1 atom stereocenters. The normalized spacial score (nSPS) is 12.8. The highest BCUT2D eigenvalue weighted by Gasteiger charge is 2.23. The van der Waals surface area contributed by atoms with E-state index in [0.29, 0.717) is 12.1 Å². The van der Waals surface area contributed by atoms with E-state index in [1.165, 1.54) is 0 Å². The van der Waals surface area contributed by atoms with Gasteiger partial charge in [-0.2, -0.15) is 5.10 Å². The van der Waals surface area contributed by atoms with Crippen LogP contribution in [0, 0.1) is 6.92 Å². The molecule has 0 saturated carbocycles. The lowest BCUT2D eigenvalue weighted by molar-refractivity contribution is -0.139. The van der Waals surface area contributed by atoms with E-state index >= 15 is 0 Å². The highest BCUT2D eigenvalue weighted by molar-refractivity contribution is 5.78. The Bertz CT molecular complexity index is 548. The Labute approximate surface area is 99.1 Å². The summed E-state index contributed by atoms with van der Waals surface area (Å²) in [7, 11) is 0. The average molecular weight is 233 g/mol. The van der Waals surface area contributed by atoms with Crippen LogP contribution in [-0.4, -0.2) is 25.7 Å². The van der Waals surface area contributed by atoms with Gasteiger partial charge in [0.1, 0.15) is 5.92 Å². The van der Waals surface area contributed by atoms with Crippen LogP contribution in [0.25, 0.3) is 5.52 Å². The van der Waals surface area contributed by atoms with Crippen molar-refractivity contribution in [2.75, 3.05) is 0 Å². The van der Waals surface area contributed by atoms with E-state index in [9.17, 15) is 9.90 Å². The van der Waals surface area contributed by atoms with Crippen molar-refractivity contribution in [1.29, 1.82) is 0 Å². The van der Waals surface area contributed by atoms with Crippen molar-refractivity contribution < 1.29 is 9.90 Å². The molecule has 0 saturated heterocycles. The minimum absolute atomic E-state index is 0.556. The number of rotatable bonds is 4. The van der Waals surface area contributed by atoms with E-state index in [1.54, 1.807) is 16.9 Å². The molecule has 0 fully saturated rings. The molecule has 0 spiro atoms. The van der Waals surface area contributed by atoms with Crippen LogP contribution in [0.4, 0.5) is 0 Å². The number of fused-ring (bicyclic) bond motifs is 1. The monoisotopic (exact) mass is 233 g/mol. The van der Waals surface area contributed by atoms with Crippen LogP contribution in [0.15, 0.2) is 18.5 Å². The summed E-state index contributed by atoms with van der Waals surface area (Å²) in [5, 5.41) is 13.5. The van der Waals surface area contributed by atoms with Gasteiger partial charge in [-0.05, 0) is 19.4 Å². The number of carbonyl (C=O) groups is 1. The van der Waals surface area contributed by atoms with Gasteiger partial charge in [-0.1, -0.05) is 13.3 Å². The molecule has 2 rings (SSSR count). The molecule has 2 aromatic rings. The Kier molecular flexibility index (Phi) is 3.08. The molecule has 2 heterocycles. The fourth-order valence-corrected chi connectivity index (χ4v) is 2.00. The van der Waals surface area contributed by atoms with Crippen molar-refractivity contribution in [3.05, 3.63) is 29.8 Å². The zero-order chi connectivity index (χ0) is 12.4. The smallest absolute Gasteiger partial charge is 0.312 e. The maximum absolute atomic E-state index is 11.3.